The van der Waals surface area contributed by atoms with Crippen molar-refractivity contribution >= 4 is 17.3 Å². The molecule has 1 aliphatic rings. The summed E-state index contributed by atoms with van der Waals surface area (Å²) < 4.78 is 2.15. The Hall–Kier alpha value is -3.26. The van der Waals surface area contributed by atoms with Gasteiger partial charge < -0.3 is 9.88 Å². The second-order valence-electron chi connectivity index (χ2n) is 11.1. The van der Waals surface area contributed by atoms with Crippen LogP contribution in [-0.2, 0) is 13.5 Å². The van der Waals surface area contributed by atoms with Crippen molar-refractivity contribution < 1.29 is 0 Å². The van der Waals surface area contributed by atoms with E-state index in [1.54, 1.807) is 0 Å². The van der Waals surface area contributed by atoms with Crippen LogP contribution in [0.2, 0.25) is 0 Å². The molecule has 0 saturated heterocycles. The Morgan fingerprint density at radius 1 is 1.05 bits per heavy atom. The van der Waals surface area contributed by atoms with Gasteiger partial charge in [0.15, 0.2) is 0 Å². The summed E-state index contributed by atoms with van der Waals surface area (Å²) in [6, 6.07) is 17.7. The van der Waals surface area contributed by atoms with E-state index in [9.17, 15) is 0 Å². The van der Waals surface area contributed by atoms with Crippen LogP contribution in [0.25, 0.3) is 11.6 Å². The molecule has 0 aliphatic heterocycles. The fraction of sp³-hybridized carbons (Fsp3) is 0.371. The van der Waals surface area contributed by atoms with Gasteiger partial charge in [-0.15, -0.1) is 0 Å². The van der Waals surface area contributed by atoms with Gasteiger partial charge >= 0.3 is 0 Å². The highest BCUT2D eigenvalue weighted by Gasteiger charge is 2.40. The largest absolute Gasteiger partial charge is 0.385 e. The van der Waals surface area contributed by atoms with Crippen LogP contribution in [0.1, 0.15) is 73.0 Å². The Morgan fingerprint density at radius 3 is 2.35 bits per heavy atom. The number of benzene rings is 2. The van der Waals surface area contributed by atoms with Crippen LogP contribution in [0.4, 0.5) is 5.69 Å². The smallest absolute Gasteiger partial charge is 0.0340 e. The number of anilines is 1. The average molecular weight is 493 g/mol. The number of aryl methyl sites for hydroxylation is 2. The lowest BCUT2D eigenvalue weighted by atomic mass is 9.59. The zero-order chi connectivity index (χ0) is 26.6. The third kappa shape index (κ3) is 6.01. The summed E-state index contributed by atoms with van der Waals surface area (Å²) in [4.78, 5) is 0. The molecule has 1 N–H and O–H groups in total. The third-order valence-corrected chi connectivity index (χ3v) is 8.78. The van der Waals surface area contributed by atoms with Crippen molar-refractivity contribution in [2.75, 3.05) is 11.9 Å². The van der Waals surface area contributed by atoms with Crippen LogP contribution < -0.4 is 5.32 Å². The summed E-state index contributed by atoms with van der Waals surface area (Å²) in [6.07, 6.45) is 12.5. The van der Waals surface area contributed by atoms with Gasteiger partial charge in [0.05, 0.1) is 0 Å². The third-order valence-electron chi connectivity index (χ3n) is 8.78. The van der Waals surface area contributed by atoms with E-state index < -0.39 is 0 Å². The molecule has 4 rings (SSSR count). The summed E-state index contributed by atoms with van der Waals surface area (Å²) in [7, 11) is 2.08. The first-order chi connectivity index (χ1) is 17.8. The van der Waals surface area contributed by atoms with Crippen LogP contribution in [-0.4, -0.2) is 11.1 Å². The first-order valence-electron chi connectivity index (χ1n) is 13.9. The first kappa shape index (κ1) is 26.8. The van der Waals surface area contributed by atoms with E-state index in [-0.39, 0.29) is 0 Å². The van der Waals surface area contributed by atoms with Crippen molar-refractivity contribution in [3.63, 3.8) is 0 Å². The van der Waals surface area contributed by atoms with Crippen LogP contribution in [0, 0.1) is 25.2 Å². The molecule has 3 aromatic rings. The molecule has 0 amide bonds. The van der Waals surface area contributed by atoms with E-state index in [4.69, 9.17) is 0 Å². The number of hydrogen-bond acceptors (Lipinski definition) is 1. The molecule has 0 radical (unpaired) electrons. The minimum Gasteiger partial charge on any atom is -0.385 e. The van der Waals surface area contributed by atoms with Gasteiger partial charge in [-0.05, 0) is 102 Å². The Balaban J connectivity index is 1.46. The molecule has 1 aliphatic carbocycles. The first-order valence-corrected chi connectivity index (χ1v) is 13.9. The lowest BCUT2D eigenvalue weighted by molar-refractivity contribution is 0.0533. The molecule has 1 aromatic heterocycles. The maximum atomic E-state index is 4.51. The van der Waals surface area contributed by atoms with Gasteiger partial charge in [-0.1, -0.05) is 81.8 Å². The predicted molar refractivity (Wildman–Crippen MR) is 162 cm³/mol. The van der Waals surface area contributed by atoms with Crippen LogP contribution in [0.15, 0.2) is 79.5 Å². The van der Waals surface area contributed by atoms with Crippen molar-refractivity contribution in [2.45, 2.75) is 59.8 Å². The summed E-state index contributed by atoms with van der Waals surface area (Å²) in [5.74, 6) is 0.802. The SMILES string of the molecule is C=C/C(=C\c1ccn(C)c1C)Cc1cc(C)ccc1C(=C)c1ccc(NCC2CC(CC)(CC)C2)cc1. The maximum Gasteiger partial charge on any atom is 0.0340 e. The van der Waals surface area contributed by atoms with Gasteiger partial charge in [-0.3, -0.25) is 0 Å². The Kier molecular flexibility index (Phi) is 8.27. The quantitative estimate of drug-likeness (QED) is 0.264. The fourth-order valence-electron chi connectivity index (χ4n) is 5.89. The monoisotopic (exact) mass is 492 g/mol. The van der Waals surface area contributed by atoms with Gasteiger partial charge in [0.2, 0.25) is 0 Å². The summed E-state index contributed by atoms with van der Waals surface area (Å²) in [5.41, 5.74) is 11.5. The molecular weight excluding hydrogens is 448 g/mol. The van der Waals surface area contributed by atoms with Crippen molar-refractivity contribution in [1.82, 2.24) is 4.57 Å². The van der Waals surface area contributed by atoms with Crippen molar-refractivity contribution in [3.8, 4) is 0 Å². The number of nitrogens with zero attached hydrogens (tertiary/aromatic N) is 1. The van der Waals surface area contributed by atoms with E-state index in [2.05, 4.69) is 119 Å². The molecule has 37 heavy (non-hydrogen) atoms. The predicted octanol–water partition coefficient (Wildman–Crippen LogP) is 9.14. The molecule has 194 valence electrons. The lowest BCUT2D eigenvalue weighted by Gasteiger charge is -2.47. The van der Waals surface area contributed by atoms with Gasteiger partial charge in [0.1, 0.15) is 0 Å². The highest BCUT2D eigenvalue weighted by atomic mass is 14.9. The average Bonchev–Trinajstić information content (AvgIpc) is 3.20. The Labute approximate surface area is 224 Å². The molecule has 0 atom stereocenters. The lowest BCUT2D eigenvalue weighted by Crippen LogP contribution is -2.39. The fourth-order valence-corrected chi connectivity index (χ4v) is 5.89. The number of allylic oxidation sites excluding steroid dienone is 2. The standard InChI is InChI=1S/C35H44N2/c1-8-28(20-31-17-18-37(7)27(31)6)21-32-19-25(4)11-16-34(32)26(5)30-12-14-33(15-13-30)36-24-29-22-35(9-2,10-3)23-29/h8,11-20,29,36H,1,5,9-10,21-24H2,2-4,6-7H3/b28-20+. The highest BCUT2D eigenvalue weighted by molar-refractivity contribution is 5.81. The topological polar surface area (TPSA) is 17.0 Å². The van der Waals surface area contributed by atoms with E-state index >= 15 is 0 Å². The molecule has 1 saturated carbocycles. The van der Waals surface area contributed by atoms with Gasteiger partial charge in [0.25, 0.3) is 0 Å². The molecule has 0 bridgehead atoms. The number of hydrogen-bond donors (Lipinski definition) is 1. The number of rotatable bonds is 11. The van der Waals surface area contributed by atoms with E-state index in [0.29, 0.717) is 5.41 Å². The van der Waals surface area contributed by atoms with Crippen molar-refractivity contribution in [1.29, 1.82) is 0 Å². The van der Waals surface area contributed by atoms with Crippen LogP contribution in [0.3, 0.4) is 0 Å². The summed E-state index contributed by atoms with van der Waals surface area (Å²) >= 11 is 0. The molecular formula is C35H44N2. The highest BCUT2D eigenvalue weighted by Crippen LogP contribution is 2.50. The zero-order valence-corrected chi connectivity index (χ0v) is 23.5. The molecule has 0 spiro atoms. The zero-order valence-electron chi connectivity index (χ0n) is 23.5. The number of aromatic nitrogens is 1. The summed E-state index contributed by atoms with van der Waals surface area (Å²) in [5, 5.41) is 3.67. The Morgan fingerprint density at radius 2 is 1.76 bits per heavy atom. The van der Waals surface area contributed by atoms with E-state index in [1.807, 2.05) is 6.08 Å². The normalized spacial score (nSPS) is 15.3. The maximum absolute atomic E-state index is 4.51. The Bertz CT molecular complexity index is 1270. The molecule has 0 unspecified atom stereocenters. The van der Waals surface area contributed by atoms with Crippen LogP contribution >= 0.6 is 0 Å². The second-order valence-corrected chi connectivity index (χ2v) is 11.1. The van der Waals surface area contributed by atoms with Gasteiger partial charge in [-0.2, -0.15) is 0 Å². The molecule has 2 nitrogen and oxygen atoms in total. The molecule has 1 fully saturated rings. The molecule has 2 heteroatoms. The number of nitrogens with one attached hydrogen (secondary N) is 1. The minimum atomic E-state index is 0.611. The second kappa shape index (κ2) is 11.4. The van der Waals surface area contributed by atoms with E-state index in [0.717, 1.165) is 24.5 Å². The molecule has 2 aromatic carbocycles. The van der Waals surface area contributed by atoms with E-state index in [1.165, 1.54) is 70.5 Å². The van der Waals surface area contributed by atoms with Gasteiger partial charge in [0, 0.05) is 31.2 Å². The van der Waals surface area contributed by atoms with Crippen molar-refractivity contribution in [2.24, 2.45) is 18.4 Å². The summed E-state index contributed by atoms with van der Waals surface area (Å²) in [6.45, 7) is 18.7. The molecule has 1 heterocycles. The minimum absolute atomic E-state index is 0.611. The van der Waals surface area contributed by atoms with Crippen molar-refractivity contribution in [3.05, 3.63) is 113 Å². The van der Waals surface area contributed by atoms with Gasteiger partial charge in [-0.25, -0.2) is 0 Å². The van der Waals surface area contributed by atoms with Crippen LogP contribution in [0.5, 0.6) is 0 Å².